The number of hydrogen-bond acceptors (Lipinski definition) is 2. The topological polar surface area (TPSA) is 50.8 Å². The molecule has 0 aliphatic heterocycles. The van der Waals surface area contributed by atoms with Crippen molar-refractivity contribution in [2.45, 2.75) is 12.8 Å². The molecule has 6 heteroatoms. The molecule has 0 spiro atoms. The van der Waals surface area contributed by atoms with E-state index in [0.29, 0.717) is 18.9 Å². The third kappa shape index (κ3) is 5.42. The first-order chi connectivity index (χ1) is 9.54. The number of hydrogen-bond donors (Lipinski definition) is 1. The molecule has 0 heterocycles. The minimum Gasteiger partial charge on any atom is -0.490 e. The molecule has 1 aromatic rings. The Balaban J connectivity index is 2.58. The number of nitrogens with zero attached hydrogens (tertiary/aromatic N) is 2. The van der Waals surface area contributed by atoms with Crippen molar-refractivity contribution in [3.05, 3.63) is 29.6 Å². The van der Waals surface area contributed by atoms with Crippen molar-refractivity contribution < 1.29 is 13.5 Å². The van der Waals surface area contributed by atoms with Crippen LogP contribution in [0.5, 0.6) is 5.75 Å². The molecule has 0 aliphatic rings. The summed E-state index contributed by atoms with van der Waals surface area (Å²) >= 11 is 0. The summed E-state index contributed by atoms with van der Waals surface area (Å²) < 4.78 is 30.7. The first kappa shape index (κ1) is 16.2. The second-order valence-electron chi connectivity index (χ2n) is 4.54. The van der Waals surface area contributed by atoms with Gasteiger partial charge in [0.15, 0.2) is 17.5 Å². The molecule has 0 fully saturated rings. The highest BCUT2D eigenvalue weighted by molar-refractivity contribution is 5.77. The second kappa shape index (κ2) is 8.35. The Morgan fingerprint density at radius 3 is 2.80 bits per heavy atom. The SMILES string of the molecule is CN(C)C(N)=NCCc1ccc(F)c(OCCCF)c1. The Morgan fingerprint density at radius 1 is 1.40 bits per heavy atom. The molecule has 0 bridgehead atoms. The van der Waals surface area contributed by atoms with Gasteiger partial charge in [-0.05, 0) is 24.1 Å². The maximum Gasteiger partial charge on any atom is 0.190 e. The lowest BCUT2D eigenvalue weighted by Gasteiger charge is -2.11. The lowest BCUT2D eigenvalue weighted by Crippen LogP contribution is -2.30. The number of benzene rings is 1. The van der Waals surface area contributed by atoms with Crippen LogP contribution in [0.25, 0.3) is 0 Å². The van der Waals surface area contributed by atoms with E-state index in [4.69, 9.17) is 10.5 Å². The van der Waals surface area contributed by atoms with Gasteiger partial charge in [-0.1, -0.05) is 6.07 Å². The van der Waals surface area contributed by atoms with Crippen molar-refractivity contribution in [3.63, 3.8) is 0 Å². The van der Waals surface area contributed by atoms with Gasteiger partial charge in [-0.15, -0.1) is 0 Å². The van der Waals surface area contributed by atoms with Gasteiger partial charge in [-0.25, -0.2) is 4.39 Å². The van der Waals surface area contributed by atoms with Gasteiger partial charge in [0.25, 0.3) is 0 Å². The summed E-state index contributed by atoms with van der Waals surface area (Å²) in [5.41, 5.74) is 6.57. The van der Waals surface area contributed by atoms with Crippen molar-refractivity contribution >= 4 is 5.96 Å². The van der Waals surface area contributed by atoms with E-state index in [2.05, 4.69) is 4.99 Å². The Hall–Kier alpha value is -1.85. The number of guanidine groups is 1. The minimum atomic E-state index is -0.472. The summed E-state index contributed by atoms with van der Waals surface area (Å²) in [4.78, 5) is 5.90. The molecular formula is C14H21F2N3O. The van der Waals surface area contributed by atoms with Crippen molar-refractivity contribution in [1.29, 1.82) is 0 Å². The molecule has 0 radical (unpaired) electrons. The third-order valence-electron chi connectivity index (χ3n) is 2.66. The zero-order chi connectivity index (χ0) is 15.0. The average Bonchev–Trinajstić information content (AvgIpc) is 2.42. The monoisotopic (exact) mass is 285 g/mol. The van der Waals surface area contributed by atoms with Gasteiger partial charge in [-0.2, -0.15) is 0 Å². The average molecular weight is 285 g/mol. The molecule has 0 amide bonds. The summed E-state index contributed by atoms with van der Waals surface area (Å²) in [6.45, 7) is 0.210. The van der Waals surface area contributed by atoms with Gasteiger partial charge in [0.05, 0.1) is 13.3 Å². The van der Waals surface area contributed by atoms with E-state index in [-0.39, 0.29) is 18.8 Å². The van der Waals surface area contributed by atoms with E-state index in [1.807, 2.05) is 14.1 Å². The van der Waals surface area contributed by atoms with Gasteiger partial charge in [0, 0.05) is 27.1 Å². The van der Waals surface area contributed by atoms with E-state index in [1.54, 1.807) is 17.0 Å². The van der Waals surface area contributed by atoms with Crippen LogP contribution in [0.2, 0.25) is 0 Å². The van der Waals surface area contributed by atoms with Crippen LogP contribution < -0.4 is 10.5 Å². The molecule has 4 nitrogen and oxygen atoms in total. The fourth-order valence-corrected chi connectivity index (χ4v) is 1.49. The normalized spacial score (nSPS) is 11.5. The predicted octanol–water partition coefficient (Wildman–Crippen LogP) is 1.98. The van der Waals surface area contributed by atoms with Crippen LogP contribution in [0, 0.1) is 5.82 Å². The van der Waals surface area contributed by atoms with Crippen molar-refractivity contribution in [3.8, 4) is 5.75 Å². The van der Waals surface area contributed by atoms with Crippen LogP contribution in [-0.4, -0.2) is 44.8 Å². The van der Waals surface area contributed by atoms with Crippen LogP contribution in [-0.2, 0) is 6.42 Å². The summed E-state index contributed by atoms with van der Waals surface area (Å²) in [5, 5.41) is 0. The number of ether oxygens (including phenoxy) is 1. The smallest absolute Gasteiger partial charge is 0.190 e. The minimum absolute atomic E-state index is 0.153. The fraction of sp³-hybridized carbons (Fsp3) is 0.500. The van der Waals surface area contributed by atoms with Crippen LogP contribution in [0.3, 0.4) is 0 Å². The molecule has 0 saturated heterocycles. The molecule has 20 heavy (non-hydrogen) atoms. The Kier molecular flexibility index (Phi) is 6.76. The molecule has 0 aliphatic carbocycles. The summed E-state index contributed by atoms with van der Waals surface area (Å²) in [5.74, 6) is 0.163. The largest absolute Gasteiger partial charge is 0.490 e. The lowest BCUT2D eigenvalue weighted by molar-refractivity contribution is 0.277. The highest BCUT2D eigenvalue weighted by Crippen LogP contribution is 2.19. The second-order valence-corrected chi connectivity index (χ2v) is 4.54. The highest BCUT2D eigenvalue weighted by atomic mass is 19.1. The maximum absolute atomic E-state index is 13.5. The number of nitrogens with two attached hydrogens (primary N) is 1. The van der Waals surface area contributed by atoms with E-state index in [9.17, 15) is 8.78 Å². The Bertz CT molecular complexity index is 450. The standard InChI is InChI=1S/C14H21F2N3O/c1-19(2)14(17)18-8-6-11-4-5-12(16)13(10-11)20-9-3-7-15/h4-5,10H,3,6-9H2,1-2H3,(H2,17,18). The molecule has 1 rings (SSSR count). The van der Waals surface area contributed by atoms with Crippen LogP contribution >= 0.6 is 0 Å². The van der Waals surface area contributed by atoms with E-state index in [1.165, 1.54) is 6.07 Å². The van der Waals surface area contributed by atoms with Crippen molar-refractivity contribution in [1.82, 2.24) is 4.90 Å². The van der Waals surface area contributed by atoms with E-state index in [0.717, 1.165) is 5.56 Å². The van der Waals surface area contributed by atoms with Gasteiger partial charge >= 0.3 is 0 Å². The number of rotatable bonds is 7. The van der Waals surface area contributed by atoms with Crippen molar-refractivity contribution in [2.75, 3.05) is 33.9 Å². The fourth-order valence-electron chi connectivity index (χ4n) is 1.49. The lowest BCUT2D eigenvalue weighted by atomic mass is 10.1. The third-order valence-corrected chi connectivity index (χ3v) is 2.66. The maximum atomic E-state index is 13.5. The molecule has 112 valence electrons. The van der Waals surface area contributed by atoms with Gasteiger partial charge in [0.1, 0.15) is 0 Å². The van der Waals surface area contributed by atoms with Crippen LogP contribution in [0.15, 0.2) is 23.2 Å². The summed E-state index contributed by atoms with van der Waals surface area (Å²) in [6.07, 6.45) is 0.890. The molecule has 0 unspecified atom stereocenters. The van der Waals surface area contributed by atoms with Crippen LogP contribution in [0.4, 0.5) is 8.78 Å². The zero-order valence-electron chi connectivity index (χ0n) is 11.9. The highest BCUT2D eigenvalue weighted by Gasteiger charge is 2.05. The summed E-state index contributed by atoms with van der Waals surface area (Å²) in [6, 6.07) is 4.65. The van der Waals surface area contributed by atoms with E-state index < -0.39 is 12.5 Å². The first-order valence-electron chi connectivity index (χ1n) is 6.49. The predicted molar refractivity (Wildman–Crippen MR) is 76.4 cm³/mol. The zero-order valence-corrected chi connectivity index (χ0v) is 11.9. The summed E-state index contributed by atoms with van der Waals surface area (Å²) in [7, 11) is 3.63. The Labute approximate surface area is 118 Å². The molecule has 0 aromatic heterocycles. The molecule has 1 aromatic carbocycles. The van der Waals surface area contributed by atoms with Gasteiger partial charge in [-0.3, -0.25) is 9.38 Å². The molecule has 2 N–H and O–H groups in total. The quantitative estimate of drug-likeness (QED) is 0.473. The first-order valence-corrected chi connectivity index (χ1v) is 6.49. The van der Waals surface area contributed by atoms with Gasteiger partial charge < -0.3 is 15.4 Å². The molecular weight excluding hydrogens is 264 g/mol. The van der Waals surface area contributed by atoms with Gasteiger partial charge in [0.2, 0.25) is 0 Å². The van der Waals surface area contributed by atoms with Crippen LogP contribution in [0.1, 0.15) is 12.0 Å². The van der Waals surface area contributed by atoms with Crippen molar-refractivity contribution in [2.24, 2.45) is 10.7 Å². The number of alkyl halides is 1. The number of aliphatic imine (C=N–C) groups is 1. The number of halogens is 2. The molecule has 0 atom stereocenters. The Morgan fingerprint density at radius 2 is 2.15 bits per heavy atom. The molecule has 0 saturated carbocycles. The van der Waals surface area contributed by atoms with E-state index >= 15 is 0 Å².